The molecule has 1 heterocycles. The van der Waals surface area contributed by atoms with Crippen LogP contribution in [0, 0.1) is 6.92 Å². The van der Waals surface area contributed by atoms with Crippen molar-refractivity contribution in [3.8, 4) is 17.2 Å². The van der Waals surface area contributed by atoms with E-state index in [0.717, 1.165) is 16.5 Å². The summed E-state index contributed by atoms with van der Waals surface area (Å²) in [6.45, 7) is 4.39. The molecule has 0 saturated carbocycles. The highest BCUT2D eigenvalue weighted by molar-refractivity contribution is 5.98. The van der Waals surface area contributed by atoms with Gasteiger partial charge < -0.3 is 24.8 Å². The number of carbonyl (C=O) groups excluding carboxylic acids is 2. The number of aromatic nitrogens is 1. The lowest BCUT2D eigenvalue weighted by Gasteiger charge is -2.13. The number of likely N-dealkylation sites (N-methyl/N-ethyl adjacent to an activating group) is 1. The third-order valence-electron chi connectivity index (χ3n) is 4.87. The van der Waals surface area contributed by atoms with Crippen molar-refractivity contribution in [1.29, 1.82) is 0 Å². The van der Waals surface area contributed by atoms with Crippen molar-refractivity contribution in [3.05, 3.63) is 59.3 Å². The molecule has 2 amide bonds. The Balaban J connectivity index is 1.69. The number of carbonyl (C=O) groups is 2. The van der Waals surface area contributed by atoms with E-state index in [1.807, 2.05) is 37.3 Å². The number of methoxy groups -OCH3 is 2. The molecule has 2 aromatic carbocycles. The zero-order chi connectivity index (χ0) is 23.1. The van der Waals surface area contributed by atoms with Crippen molar-refractivity contribution < 1.29 is 23.8 Å². The van der Waals surface area contributed by atoms with E-state index in [1.165, 1.54) is 7.11 Å². The first-order valence-corrected chi connectivity index (χ1v) is 10.2. The third kappa shape index (κ3) is 5.46. The van der Waals surface area contributed by atoms with Crippen LogP contribution in [0.25, 0.3) is 10.9 Å². The summed E-state index contributed by atoms with van der Waals surface area (Å²) in [5, 5.41) is 6.45. The maximum absolute atomic E-state index is 12.8. The molecule has 0 radical (unpaired) electrons. The van der Waals surface area contributed by atoms with Crippen molar-refractivity contribution in [2.24, 2.45) is 0 Å². The first kappa shape index (κ1) is 22.9. The Kier molecular flexibility index (Phi) is 7.49. The molecule has 0 saturated heterocycles. The van der Waals surface area contributed by atoms with Crippen LogP contribution >= 0.6 is 0 Å². The predicted molar refractivity (Wildman–Crippen MR) is 121 cm³/mol. The van der Waals surface area contributed by atoms with Crippen molar-refractivity contribution in [1.82, 2.24) is 15.6 Å². The first-order valence-electron chi connectivity index (χ1n) is 10.2. The Morgan fingerprint density at radius 1 is 0.969 bits per heavy atom. The van der Waals surface area contributed by atoms with Crippen LogP contribution in [0.3, 0.4) is 0 Å². The fraction of sp³-hybridized carbons (Fsp3) is 0.292. The van der Waals surface area contributed by atoms with Crippen molar-refractivity contribution in [2.45, 2.75) is 20.4 Å². The number of ether oxygens (including phenoxy) is 3. The zero-order valence-electron chi connectivity index (χ0n) is 18.7. The van der Waals surface area contributed by atoms with E-state index in [0.29, 0.717) is 41.6 Å². The molecule has 1 aromatic heterocycles. The minimum Gasteiger partial charge on any atom is -0.497 e. The van der Waals surface area contributed by atoms with Gasteiger partial charge in [-0.1, -0.05) is 6.07 Å². The lowest BCUT2D eigenvalue weighted by Crippen LogP contribution is -2.28. The van der Waals surface area contributed by atoms with Gasteiger partial charge in [-0.2, -0.15) is 0 Å². The molecular formula is C24H27N3O5. The number of hydrogen-bond acceptors (Lipinski definition) is 6. The summed E-state index contributed by atoms with van der Waals surface area (Å²) in [7, 11) is 3.13. The highest BCUT2D eigenvalue weighted by Gasteiger charge is 2.13. The molecule has 2 N–H and O–H groups in total. The number of amides is 2. The molecule has 0 aliphatic carbocycles. The standard InChI is InChI=1S/C24H27N3O5/c1-5-25-23(28)14-32-21-9-6-16(10-22(21)31-4)13-26-24(29)19-11-17-7-8-18(30-3)12-20(17)27-15(19)2/h6-12H,5,13-14H2,1-4H3,(H,25,28)(H,26,29). The Morgan fingerprint density at radius 3 is 2.50 bits per heavy atom. The molecule has 168 valence electrons. The second-order valence-electron chi connectivity index (χ2n) is 7.09. The number of aryl methyl sites for hydroxylation is 1. The van der Waals surface area contributed by atoms with Crippen molar-refractivity contribution in [2.75, 3.05) is 27.4 Å². The Morgan fingerprint density at radius 2 is 1.78 bits per heavy atom. The van der Waals surface area contributed by atoms with Gasteiger partial charge in [-0.3, -0.25) is 14.6 Å². The maximum atomic E-state index is 12.8. The van der Waals surface area contributed by atoms with E-state index in [9.17, 15) is 9.59 Å². The van der Waals surface area contributed by atoms with Crippen molar-refractivity contribution >= 4 is 22.7 Å². The SMILES string of the molecule is CCNC(=O)COc1ccc(CNC(=O)c2cc3ccc(OC)cc3nc2C)cc1OC. The van der Waals surface area contributed by atoms with E-state index in [2.05, 4.69) is 15.6 Å². The van der Waals surface area contributed by atoms with Crippen LogP contribution in [0.1, 0.15) is 28.5 Å². The maximum Gasteiger partial charge on any atom is 0.257 e. The number of rotatable bonds is 9. The minimum atomic E-state index is -0.219. The van der Waals surface area contributed by atoms with E-state index >= 15 is 0 Å². The number of fused-ring (bicyclic) bond motifs is 1. The summed E-state index contributed by atoms with van der Waals surface area (Å²) in [6.07, 6.45) is 0. The summed E-state index contributed by atoms with van der Waals surface area (Å²) in [6, 6.07) is 12.7. The Hall–Kier alpha value is -3.81. The second kappa shape index (κ2) is 10.5. The van der Waals surface area contributed by atoms with E-state index in [-0.39, 0.29) is 18.4 Å². The Labute approximate surface area is 186 Å². The summed E-state index contributed by atoms with van der Waals surface area (Å²) >= 11 is 0. The summed E-state index contributed by atoms with van der Waals surface area (Å²) in [5.41, 5.74) is 2.74. The molecule has 8 nitrogen and oxygen atoms in total. The average molecular weight is 437 g/mol. The highest BCUT2D eigenvalue weighted by atomic mass is 16.5. The normalized spacial score (nSPS) is 10.5. The number of nitrogens with zero attached hydrogens (tertiary/aromatic N) is 1. The number of pyridine rings is 1. The lowest BCUT2D eigenvalue weighted by molar-refractivity contribution is -0.123. The van der Waals surface area contributed by atoms with Gasteiger partial charge in [0.05, 0.1) is 31.0 Å². The molecular weight excluding hydrogens is 410 g/mol. The minimum absolute atomic E-state index is 0.0968. The largest absolute Gasteiger partial charge is 0.497 e. The van der Waals surface area contributed by atoms with Crippen LogP contribution in [0.15, 0.2) is 42.5 Å². The van der Waals surface area contributed by atoms with Crippen LogP contribution in [0.2, 0.25) is 0 Å². The molecule has 3 rings (SSSR count). The van der Waals surface area contributed by atoms with E-state index < -0.39 is 0 Å². The first-order chi connectivity index (χ1) is 15.4. The predicted octanol–water partition coefficient (Wildman–Crippen LogP) is 3.01. The molecule has 0 atom stereocenters. The number of hydrogen-bond donors (Lipinski definition) is 2. The van der Waals surface area contributed by atoms with Crippen LogP contribution in [0.4, 0.5) is 0 Å². The van der Waals surface area contributed by atoms with Gasteiger partial charge >= 0.3 is 0 Å². The van der Waals surface area contributed by atoms with Gasteiger partial charge in [-0.15, -0.1) is 0 Å². The highest BCUT2D eigenvalue weighted by Crippen LogP contribution is 2.28. The van der Waals surface area contributed by atoms with Crippen molar-refractivity contribution in [3.63, 3.8) is 0 Å². The van der Waals surface area contributed by atoms with E-state index in [4.69, 9.17) is 14.2 Å². The van der Waals surface area contributed by atoms with Gasteiger partial charge in [0, 0.05) is 24.5 Å². The third-order valence-corrected chi connectivity index (χ3v) is 4.87. The van der Waals surface area contributed by atoms with Gasteiger partial charge in [0.25, 0.3) is 11.8 Å². The number of nitrogens with one attached hydrogen (secondary N) is 2. The molecule has 0 fully saturated rings. The van der Waals surface area contributed by atoms with Gasteiger partial charge in [-0.25, -0.2) is 0 Å². The molecule has 0 aliphatic rings. The molecule has 0 unspecified atom stereocenters. The van der Waals surface area contributed by atoms with Crippen LogP contribution in [0.5, 0.6) is 17.2 Å². The second-order valence-corrected chi connectivity index (χ2v) is 7.09. The van der Waals surface area contributed by atoms with Crippen LogP contribution in [-0.2, 0) is 11.3 Å². The summed E-state index contributed by atoms with van der Waals surface area (Å²) in [5.74, 6) is 1.23. The smallest absolute Gasteiger partial charge is 0.257 e. The van der Waals surface area contributed by atoms with Gasteiger partial charge in [0.2, 0.25) is 0 Å². The molecule has 32 heavy (non-hydrogen) atoms. The van der Waals surface area contributed by atoms with Gasteiger partial charge in [-0.05, 0) is 49.7 Å². The monoisotopic (exact) mass is 437 g/mol. The molecule has 0 bridgehead atoms. The van der Waals surface area contributed by atoms with Crippen LogP contribution < -0.4 is 24.8 Å². The van der Waals surface area contributed by atoms with E-state index in [1.54, 1.807) is 26.2 Å². The number of benzene rings is 2. The summed E-state index contributed by atoms with van der Waals surface area (Å²) in [4.78, 5) is 28.9. The fourth-order valence-electron chi connectivity index (χ4n) is 3.21. The molecule has 0 aliphatic heterocycles. The molecule has 0 spiro atoms. The quantitative estimate of drug-likeness (QED) is 0.534. The fourth-order valence-corrected chi connectivity index (χ4v) is 3.21. The van der Waals surface area contributed by atoms with Gasteiger partial charge in [0.1, 0.15) is 5.75 Å². The topological polar surface area (TPSA) is 98.8 Å². The average Bonchev–Trinajstić information content (AvgIpc) is 2.80. The molecule has 8 heteroatoms. The lowest BCUT2D eigenvalue weighted by atomic mass is 10.1. The summed E-state index contributed by atoms with van der Waals surface area (Å²) < 4.78 is 16.1. The van der Waals surface area contributed by atoms with Crippen LogP contribution in [-0.4, -0.2) is 44.2 Å². The van der Waals surface area contributed by atoms with Gasteiger partial charge in [0.15, 0.2) is 18.1 Å². The molecule has 3 aromatic rings. The Bertz CT molecular complexity index is 1130. The zero-order valence-corrected chi connectivity index (χ0v) is 18.7.